The van der Waals surface area contributed by atoms with Gasteiger partial charge in [0, 0.05) is 32.0 Å². The smallest absolute Gasteiger partial charge is 0.0434 e. The first-order chi connectivity index (χ1) is 27.6. The fourth-order valence-corrected chi connectivity index (χ4v) is 10.8. The molecule has 56 heavy (non-hydrogen) atoms. The van der Waals surface area contributed by atoms with Crippen molar-refractivity contribution < 1.29 is 0 Å². The minimum absolute atomic E-state index is 0.235. The molecule has 0 spiro atoms. The molecule has 1 aliphatic rings. The second-order valence-electron chi connectivity index (χ2n) is 15.6. The second kappa shape index (κ2) is 14.2. The molecule has 3 atom stereocenters. The average Bonchev–Trinajstić information content (AvgIpc) is 3.63. The maximum Gasteiger partial charge on any atom is 0.0434 e. The molecule has 8 aromatic carbocycles. The fraction of sp³-hybridized carbons (Fsp3) is 0.127. The normalized spacial score (nSPS) is 15.4. The van der Waals surface area contributed by atoms with Gasteiger partial charge in [-0.25, -0.2) is 0 Å². The molecular formula is C55H44S. The molecule has 0 bridgehead atoms. The molecule has 9 aromatic rings. The fourth-order valence-electron chi connectivity index (χ4n) is 9.61. The molecular weight excluding hydrogens is 693 g/mol. The molecule has 1 heterocycles. The van der Waals surface area contributed by atoms with E-state index in [0.717, 1.165) is 6.42 Å². The van der Waals surface area contributed by atoms with Crippen molar-refractivity contribution in [2.45, 2.75) is 44.9 Å². The summed E-state index contributed by atoms with van der Waals surface area (Å²) in [7, 11) is 0. The van der Waals surface area contributed by atoms with Crippen molar-refractivity contribution in [2.24, 2.45) is 0 Å². The van der Waals surface area contributed by atoms with E-state index in [9.17, 15) is 0 Å². The zero-order valence-corrected chi connectivity index (χ0v) is 33.0. The van der Waals surface area contributed by atoms with Crippen molar-refractivity contribution in [3.05, 3.63) is 215 Å². The SMILES string of the molecule is CCC(c1cc(-c2ccccc2)c2sc3ccccc3c2c1)c1ccccc1-c1cc(-c2ccc3c(c2)-c2ccccc2C(c2ccccc2)C3C)ccc1C. The number of hydrogen-bond acceptors (Lipinski definition) is 1. The van der Waals surface area contributed by atoms with Crippen molar-refractivity contribution in [3.63, 3.8) is 0 Å². The van der Waals surface area contributed by atoms with E-state index in [2.05, 4.69) is 203 Å². The van der Waals surface area contributed by atoms with Gasteiger partial charge in [0.1, 0.15) is 0 Å². The largest absolute Gasteiger partial charge is 0.135 e. The number of aryl methyl sites for hydroxylation is 1. The molecule has 0 saturated carbocycles. The van der Waals surface area contributed by atoms with Gasteiger partial charge in [0.2, 0.25) is 0 Å². The molecule has 0 radical (unpaired) electrons. The van der Waals surface area contributed by atoms with Crippen LogP contribution in [0.25, 0.3) is 64.7 Å². The van der Waals surface area contributed by atoms with Gasteiger partial charge in [0.15, 0.2) is 0 Å². The van der Waals surface area contributed by atoms with Crippen LogP contribution in [0, 0.1) is 6.92 Å². The summed E-state index contributed by atoms with van der Waals surface area (Å²) in [5.41, 5.74) is 18.7. The van der Waals surface area contributed by atoms with Crippen molar-refractivity contribution in [1.29, 1.82) is 0 Å². The van der Waals surface area contributed by atoms with Crippen molar-refractivity contribution in [2.75, 3.05) is 0 Å². The second-order valence-corrected chi connectivity index (χ2v) is 16.6. The zero-order valence-electron chi connectivity index (χ0n) is 32.2. The van der Waals surface area contributed by atoms with Crippen LogP contribution >= 0.6 is 11.3 Å². The Hall–Kier alpha value is -6.02. The topological polar surface area (TPSA) is 0 Å². The third kappa shape index (κ3) is 5.81. The summed E-state index contributed by atoms with van der Waals surface area (Å²) in [4.78, 5) is 0. The lowest BCUT2D eigenvalue weighted by atomic mass is 9.69. The van der Waals surface area contributed by atoms with E-state index in [1.54, 1.807) is 0 Å². The van der Waals surface area contributed by atoms with E-state index < -0.39 is 0 Å². The summed E-state index contributed by atoms with van der Waals surface area (Å²) in [5, 5.41) is 2.70. The predicted molar refractivity (Wildman–Crippen MR) is 241 cm³/mol. The van der Waals surface area contributed by atoms with E-state index in [1.807, 2.05) is 11.3 Å². The predicted octanol–water partition coefficient (Wildman–Crippen LogP) is 15.8. The van der Waals surface area contributed by atoms with Gasteiger partial charge in [-0.2, -0.15) is 0 Å². The van der Waals surface area contributed by atoms with Crippen molar-refractivity contribution >= 4 is 31.5 Å². The Morgan fingerprint density at radius 1 is 0.500 bits per heavy atom. The number of hydrogen-bond donors (Lipinski definition) is 0. The highest BCUT2D eigenvalue weighted by Gasteiger charge is 2.32. The van der Waals surface area contributed by atoms with Crippen LogP contribution in [0.5, 0.6) is 0 Å². The summed E-state index contributed by atoms with van der Waals surface area (Å²) >= 11 is 1.91. The van der Waals surface area contributed by atoms with E-state index >= 15 is 0 Å². The Morgan fingerprint density at radius 3 is 1.96 bits per heavy atom. The highest BCUT2D eigenvalue weighted by Crippen LogP contribution is 2.51. The van der Waals surface area contributed by atoms with Gasteiger partial charge < -0.3 is 0 Å². The maximum absolute atomic E-state index is 2.49. The lowest BCUT2D eigenvalue weighted by Crippen LogP contribution is -2.17. The van der Waals surface area contributed by atoms with E-state index in [1.165, 1.54) is 98.1 Å². The van der Waals surface area contributed by atoms with Gasteiger partial charge >= 0.3 is 0 Å². The monoisotopic (exact) mass is 736 g/mol. The van der Waals surface area contributed by atoms with E-state index in [0.29, 0.717) is 11.8 Å². The van der Waals surface area contributed by atoms with Crippen LogP contribution in [-0.2, 0) is 0 Å². The van der Waals surface area contributed by atoms with Crippen LogP contribution in [0.4, 0.5) is 0 Å². The summed E-state index contributed by atoms with van der Waals surface area (Å²) in [5.74, 6) is 0.943. The van der Waals surface area contributed by atoms with Gasteiger partial charge in [0.05, 0.1) is 0 Å². The van der Waals surface area contributed by atoms with Gasteiger partial charge in [0.25, 0.3) is 0 Å². The molecule has 0 nitrogen and oxygen atoms in total. The Labute approximate surface area is 334 Å². The van der Waals surface area contributed by atoms with Crippen LogP contribution in [0.2, 0.25) is 0 Å². The van der Waals surface area contributed by atoms with Crippen LogP contribution < -0.4 is 0 Å². The highest BCUT2D eigenvalue weighted by molar-refractivity contribution is 7.26. The first-order valence-electron chi connectivity index (χ1n) is 20.1. The van der Waals surface area contributed by atoms with Crippen LogP contribution in [-0.4, -0.2) is 0 Å². The lowest BCUT2D eigenvalue weighted by molar-refractivity contribution is 0.649. The molecule has 0 amide bonds. The Bertz CT molecular complexity index is 2880. The third-order valence-electron chi connectivity index (χ3n) is 12.4. The van der Waals surface area contributed by atoms with Crippen LogP contribution in [0.1, 0.15) is 71.4 Å². The van der Waals surface area contributed by atoms with Gasteiger partial charge in [-0.3, -0.25) is 0 Å². The minimum atomic E-state index is 0.235. The minimum Gasteiger partial charge on any atom is -0.135 e. The van der Waals surface area contributed by atoms with Gasteiger partial charge in [-0.15, -0.1) is 11.3 Å². The first-order valence-corrected chi connectivity index (χ1v) is 20.9. The molecule has 1 heteroatoms. The quantitative estimate of drug-likeness (QED) is 0.153. The molecule has 3 unspecified atom stereocenters. The molecule has 1 aliphatic carbocycles. The first kappa shape index (κ1) is 34.5. The molecule has 270 valence electrons. The third-order valence-corrected chi connectivity index (χ3v) is 13.6. The van der Waals surface area contributed by atoms with Crippen molar-refractivity contribution in [3.8, 4) is 44.5 Å². The number of thiophene rings is 1. The Morgan fingerprint density at radius 2 is 1.16 bits per heavy atom. The highest BCUT2D eigenvalue weighted by atomic mass is 32.1. The van der Waals surface area contributed by atoms with Crippen LogP contribution in [0.15, 0.2) is 182 Å². The number of rotatable bonds is 7. The zero-order chi connectivity index (χ0) is 37.8. The molecule has 0 saturated heterocycles. The van der Waals surface area contributed by atoms with Gasteiger partial charge in [-0.1, -0.05) is 166 Å². The molecule has 10 rings (SSSR count). The molecule has 0 N–H and O–H groups in total. The standard InChI is InChI=1S/C55H44S/c1-4-42(41-33-50(37-17-7-5-8-18-37)55-52(34-41)47-24-15-16-26-53(47)56-55)44-21-11-12-22-45(44)49-31-39(28-27-35(49)2)40-29-30-43-36(3)54(38-19-9-6-10-20-38)48-25-14-13-23-46(48)51(43)32-40/h5-34,36,42,54H,4H2,1-3H3. The number of fused-ring (bicyclic) bond motifs is 6. The Kier molecular flexibility index (Phi) is 8.77. The summed E-state index contributed by atoms with van der Waals surface area (Å²) in [6.07, 6.45) is 1.00. The molecule has 1 aromatic heterocycles. The Balaban J connectivity index is 1.08. The van der Waals surface area contributed by atoms with Crippen molar-refractivity contribution in [1.82, 2.24) is 0 Å². The summed E-state index contributed by atoms with van der Waals surface area (Å²) < 4.78 is 2.71. The molecule has 0 aliphatic heterocycles. The van der Waals surface area contributed by atoms with E-state index in [4.69, 9.17) is 0 Å². The average molecular weight is 737 g/mol. The van der Waals surface area contributed by atoms with Crippen LogP contribution in [0.3, 0.4) is 0 Å². The summed E-state index contributed by atoms with van der Waals surface area (Å²) in [6, 6.07) is 68.3. The summed E-state index contributed by atoms with van der Waals surface area (Å²) in [6.45, 7) is 7.01. The number of benzene rings is 8. The van der Waals surface area contributed by atoms with Gasteiger partial charge in [-0.05, 0) is 127 Å². The van der Waals surface area contributed by atoms with E-state index in [-0.39, 0.29) is 5.92 Å². The maximum atomic E-state index is 2.49. The lowest BCUT2D eigenvalue weighted by Gasteiger charge is -2.34. The molecule has 0 fully saturated rings.